The van der Waals surface area contributed by atoms with Crippen LogP contribution in [0.2, 0.25) is 0 Å². The van der Waals surface area contributed by atoms with E-state index in [2.05, 4.69) is 0 Å². The van der Waals surface area contributed by atoms with Gasteiger partial charge in [-0.3, -0.25) is 0 Å². The number of hydrogen-bond donors (Lipinski definition) is 1. The van der Waals surface area contributed by atoms with E-state index >= 15 is 0 Å². The number of alkyl halides is 3. The van der Waals surface area contributed by atoms with Crippen molar-refractivity contribution in [2.45, 2.75) is 35.1 Å². The van der Waals surface area contributed by atoms with Crippen LogP contribution in [0.5, 0.6) is 0 Å². The minimum absolute atomic E-state index is 0.0694. The van der Waals surface area contributed by atoms with Crippen molar-refractivity contribution in [3.8, 4) is 0 Å². The molecule has 1 aliphatic heterocycles. The Hall–Kier alpha value is 0.450. The van der Waals surface area contributed by atoms with Crippen LogP contribution in [0.25, 0.3) is 0 Å². The van der Waals surface area contributed by atoms with Crippen LogP contribution in [-0.2, 0) is 0 Å². The van der Waals surface area contributed by atoms with Crippen LogP contribution in [0.3, 0.4) is 0 Å². The van der Waals surface area contributed by atoms with Crippen LogP contribution in [0, 0.1) is 0 Å². The van der Waals surface area contributed by atoms with Crippen LogP contribution >= 0.6 is 21.6 Å². The smallest absolute Gasteiger partial charge is 0.390 e. The lowest BCUT2D eigenvalue weighted by Crippen LogP contribution is -2.46. The second kappa shape index (κ2) is 2.48. The van der Waals surface area contributed by atoms with Crippen molar-refractivity contribution in [1.82, 2.24) is 0 Å². The first-order valence-electron chi connectivity index (χ1n) is 3.57. The number of rotatable bonds is 0. The highest BCUT2D eigenvalue weighted by atomic mass is 33.1. The van der Waals surface area contributed by atoms with Crippen molar-refractivity contribution < 1.29 is 18.3 Å². The van der Waals surface area contributed by atoms with Crippen molar-refractivity contribution in [2.75, 3.05) is 0 Å². The van der Waals surface area contributed by atoms with Crippen LogP contribution in [0.4, 0.5) is 13.2 Å². The molecule has 0 aromatic rings. The lowest BCUT2D eigenvalue weighted by Gasteiger charge is -2.29. The van der Waals surface area contributed by atoms with Gasteiger partial charge in [0.25, 0.3) is 0 Å². The second-order valence-electron chi connectivity index (χ2n) is 3.09. The summed E-state index contributed by atoms with van der Waals surface area (Å²) in [5.41, 5.74) is 0. The van der Waals surface area contributed by atoms with E-state index in [1.807, 2.05) is 0 Å². The van der Waals surface area contributed by atoms with E-state index < -0.39 is 17.0 Å². The standard InChI is InChI=1S/C6H7F3OS2/c7-6(8,9)5-2-1-3(4(5)10)11-12-5/h3-4,10H,1-2H2. The van der Waals surface area contributed by atoms with Gasteiger partial charge in [0.1, 0.15) is 4.75 Å². The van der Waals surface area contributed by atoms with Crippen molar-refractivity contribution >= 4 is 21.6 Å². The minimum Gasteiger partial charge on any atom is -0.390 e. The van der Waals surface area contributed by atoms with Gasteiger partial charge in [0.05, 0.1) is 6.10 Å². The monoisotopic (exact) mass is 216 g/mol. The maximum absolute atomic E-state index is 12.5. The zero-order chi connectivity index (χ0) is 8.98. The molecule has 3 unspecified atom stereocenters. The maximum Gasteiger partial charge on any atom is 0.406 e. The van der Waals surface area contributed by atoms with Gasteiger partial charge in [0.2, 0.25) is 0 Å². The van der Waals surface area contributed by atoms with E-state index in [1.54, 1.807) is 0 Å². The highest BCUT2D eigenvalue weighted by Crippen LogP contribution is 2.65. The summed E-state index contributed by atoms with van der Waals surface area (Å²) >= 11 is 0. The molecule has 1 nitrogen and oxygen atoms in total. The van der Waals surface area contributed by atoms with Gasteiger partial charge < -0.3 is 5.11 Å². The van der Waals surface area contributed by atoms with E-state index in [0.717, 1.165) is 10.8 Å². The molecule has 0 spiro atoms. The third-order valence-corrected chi connectivity index (χ3v) is 6.16. The predicted octanol–water partition coefficient (Wildman–Crippen LogP) is 2.21. The Balaban J connectivity index is 2.32. The van der Waals surface area contributed by atoms with Gasteiger partial charge in [-0.25, -0.2) is 0 Å². The average molecular weight is 216 g/mol. The number of halogens is 3. The largest absolute Gasteiger partial charge is 0.406 e. The molecule has 1 saturated carbocycles. The Morgan fingerprint density at radius 2 is 2.08 bits per heavy atom. The lowest BCUT2D eigenvalue weighted by molar-refractivity contribution is -0.174. The second-order valence-corrected chi connectivity index (χ2v) is 5.86. The Morgan fingerprint density at radius 1 is 1.42 bits per heavy atom. The molecule has 3 atom stereocenters. The van der Waals surface area contributed by atoms with Crippen molar-refractivity contribution in [3.05, 3.63) is 0 Å². The molecule has 2 aliphatic rings. The van der Waals surface area contributed by atoms with Gasteiger partial charge in [-0.2, -0.15) is 13.2 Å². The molecule has 0 radical (unpaired) electrons. The molecule has 1 saturated heterocycles. The van der Waals surface area contributed by atoms with Gasteiger partial charge in [-0.05, 0) is 12.8 Å². The molecule has 2 rings (SSSR count). The van der Waals surface area contributed by atoms with Crippen LogP contribution in [0.1, 0.15) is 12.8 Å². The summed E-state index contributed by atoms with van der Waals surface area (Å²) in [5.74, 6) is 0. The Labute approximate surface area is 75.5 Å². The fraction of sp³-hybridized carbons (Fsp3) is 1.00. The lowest BCUT2D eigenvalue weighted by atomic mass is 10.0. The van der Waals surface area contributed by atoms with Crippen LogP contribution < -0.4 is 0 Å². The first kappa shape index (κ1) is 9.02. The van der Waals surface area contributed by atoms with Gasteiger partial charge >= 0.3 is 6.18 Å². The van der Waals surface area contributed by atoms with Crippen LogP contribution in [0.15, 0.2) is 0 Å². The molecule has 12 heavy (non-hydrogen) atoms. The minimum atomic E-state index is -4.27. The molecule has 1 aliphatic carbocycles. The summed E-state index contributed by atoms with van der Waals surface area (Å²) in [4.78, 5) is 0. The maximum atomic E-state index is 12.5. The topological polar surface area (TPSA) is 20.2 Å². The van der Waals surface area contributed by atoms with E-state index in [4.69, 9.17) is 0 Å². The van der Waals surface area contributed by atoms with Crippen molar-refractivity contribution in [2.24, 2.45) is 0 Å². The van der Waals surface area contributed by atoms with Gasteiger partial charge in [-0.1, -0.05) is 21.6 Å². The zero-order valence-electron chi connectivity index (χ0n) is 5.97. The molecule has 70 valence electrons. The van der Waals surface area contributed by atoms with Gasteiger partial charge in [-0.15, -0.1) is 0 Å². The van der Waals surface area contributed by atoms with Gasteiger partial charge in [0.15, 0.2) is 0 Å². The molecule has 0 aromatic heterocycles. The quantitative estimate of drug-likeness (QED) is 0.627. The number of fused-ring (bicyclic) bond motifs is 2. The zero-order valence-corrected chi connectivity index (χ0v) is 7.60. The average Bonchev–Trinajstić information content (AvgIpc) is 2.45. The van der Waals surface area contributed by atoms with E-state index in [0.29, 0.717) is 6.42 Å². The normalized spacial score (nSPS) is 47.0. The highest BCUT2D eigenvalue weighted by Gasteiger charge is 2.68. The van der Waals surface area contributed by atoms with Crippen molar-refractivity contribution in [3.63, 3.8) is 0 Å². The first-order chi connectivity index (χ1) is 5.47. The van der Waals surface area contributed by atoms with E-state index in [1.165, 1.54) is 10.8 Å². The number of aliphatic hydroxyl groups is 1. The fourth-order valence-electron chi connectivity index (χ4n) is 1.66. The SMILES string of the molecule is OC1C2CCC1(C(F)(F)F)SS2. The predicted molar refractivity (Wildman–Crippen MR) is 43.0 cm³/mol. The molecule has 1 heterocycles. The fourth-order valence-corrected chi connectivity index (χ4v) is 5.47. The molecule has 1 N–H and O–H groups in total. The molecule has 0 aromatic carbocycles. The van der Waals surface area contributed by atoms with Crippen LogP contribution in [-0.4, -0.2) is 27.4 Å². The molecule has 2 bridgehead atoms. The summed E-state index contributed by atoms with van der Waals surface area (Å²) in [6.07, 6.45) is -4.92. The molecule has 0 amide bonds. The molecular weight excluding hydrogens is 209 g/mol. The van der Waals surface area contributed by atoms with E-state index in [9.17, 15) is 18.3 Å². The summed E-state index contributed by atoms with van der Waals surface area (Å²) in [5, 5.41) is 9.14. The number of hydrogen-bond acceptors (Lipinski definition) is 3. The Kier molecular flexibility index (Phi) is 1.87. The highest BCUT2D eigenvalue weighted by molar-refractivity contribution is 8.78. The van der Waals surface area contributed by atoms with Gasteiger partial charge in [0, 0.05) is 5.25 Å². The third kappa shape index (κ3) is 0.943. The number of aliphatic hydroxyl groups excluding tert-OH is 1. The summed E-state index contributed by atoms with van der Waals surface area (Å²) in [6.45, 7) is 0. The van der Waals surface area contributed by atoms with Crippen molar-refractivity contribution in [1.29, 1.82) is 0 Å². The first-order valence-corrected chi connectivity index (χ1v) is 5.78. The third-order valence-electron chi connectivity index (χ3n) is 2.43. The molecule has 6 heteroatoms. The molecular formula is C6H7F3OS2. The Morgan fingerprint density at radius 3 is 2.25 bits per heavy atom. The molecule has 2 fully saturated rings. The van der Waals surface area contributed by atoms with E-state index in [-0.39, 0.29) is 11.7 Å². The summed E-state index contributed by atoms with van der Waals surface area (Å²) < 4.78 is 35.6. The summed E-state index contributed by atoms with van der Waals surface area (Å²) in [7, 11) is 1.97. The summed E-state index contributed by atoms with van der Waals surface area (Å²) in [6, 6.07) is 0. The Bertz CT molecular complexity index is 197.